The second-order valence-corrected chi connectivity index (χ2v) is 7.18. The third-order valence-electron chi connectivity index (χ3n) is 4.55. The minimum Gasteiger partial charge on any atom is -0.350 e. The molecule has 0 aliphatic carbocycles. The molecule has 1 unspecified atom stereocenters. The lowest BCUT2D eigenvalue weighted by molar-refractivity contribution is -0.385. The van der Waals surface area contributed by atoms with Gasteiger partial charge in [0.2, 0.25) is 5.91 Å². The van der Waals surface area contributed by atoms with E-state index in [0.29, 0.717) is 24.1 Å². The fraction of sp³-hybridized carbons (Fsp3) is 0.263. The fourth-order valence-corrected chi connectivity index (χ4v) is 3.44. The molecule has 2 aromatic rings. The van der Waals surface area contributed by atoms with Gasteiger partial charge in [0.1, 0.15) is 6.04 Å². The number of hydrogen-bond acceptors (Lipinski definition) is 4. The minimum absolute atomic E-state index is 0.0352. The number of nitro benzene ring substituents is 1. The van der Waals surface area contributed by atoms with E-state index in [9.17, 15) is 19.7 Å². The molecule has 1 atom stereocenters. The summed E-state index contributed by atoms with van der Waals surface area (Å²) in [4.78, 5) is 37.5. The summed E-state index contributed by atoms with van der Waals surface area (Å²) in [5.74, 6) is -0.484. The Kier molecular flexibility index (Phi) is 5.85. The summed E-state index contributed by atoms with van der Waals surface area (Å²) in [6.07, 6.45) is 1.32. The zero-order valence-corrected chi connectivity index (χ0v) is 16.0. The van der Waals surface area contributed by atoms with E-state index in [1.165, 1.54) is 6.07 Å². The van der Waals surface area contributed by atoms with Gasteiger partial charge in [-0.05, 0) is 37.1 Å². The number of hydrogen-bond donors (Lipinski definition) is 1. The third kappa shape index (κ3) is 4.33. The first-order chi connectivity index (χ1) is 13.0. The number of rotatable bonds is 5. The number of carbonyl (C=O) groups excluding carboxylic acids is 2. The Morgan fingerprint density at radius 1 is 1.19 bits per heavy atom. The largest absolute Gasteiger partial charge is 0.350 e. The first-order valence-corrected chi connectivity index (χ1v) is 9.33. The molecule has 1 aliphatic rings. The molecule has 0 bridgehead atoms. The number of amides is 2. The number of nitrogens with zero attached hydrogens (tertiary/aromatic N) is 2. The van der Waals surface area contributed by atoms with E-state index in [-0.39, 0.29) is 24.0 Å². The zero-order chi connectivity index (χ0) is 19.4. The maximum absolute atomic E-state index is 12.7. The highest BCUT2D eigenvalue weighted by Crippen LogP contribution is 2.22. The first kappa shape index (κ1) is 19.0. The smallest absolute Gasteiger partial charge is 0.274 e. The summed E-state index contributed by atoms with van der Waals surface area (Å²) in [6, 6.07) is 12.7. The van der Waals surface area contributed by atoms with Crippen LogP contribution in [0.25, 0.3) is 0 Å². The van der Waals surface area contributed by atoms with Crippen molar-refractivity contribution in [3.05, 3.63) is 74.2 Å². The molecule has 1 aliphatic heterocycles. The van der Waals surface area contributed by atoms with Crippen LogP contribution in [0.3, 0.4) is 0 Å². The molecular weight excluding hydrogens is 414 g/mol. The van der Waals surface area contributed by atoms with Gasteiger partial charge < -0.3 is 10.2 Å². The highest BCUT2D eigenvalue weighted by atomic mass is 79.9. The molecule has 0 aromatic heterocycles. The molecular formula is C19H18BrN3O4. The van der Waals surface area contributed by atoms with Gasteiger partial charge in [-0.3, -0.25) is 19.7 Å². The summed E-state index contributed by atoms with van der Waals surface area (Å²) in [7, 11) is 0. The van der Waals surface area contributed by atoms with E-state index in [1.54, 1.807) is 47.4 Å². The maximum atomic E-state index is 12.7. The molecule has 0 spiro atoms. The van der Waals surface area contributed by atoms with Gasteiger partial charge in [-0.15, -0.1) is 0 Å². The minimum atomic E-state index is -0.566. The van der Waals surface area contributed by atoms with E-state index < -0.39 is 11.0 Å². The number of benzene rings is 2. The van der Waals surface area contributed by atoms with Gasteiger partial charge in [0.15, 0.2) is 0 Å². The lowest BCUT2D eigenvalue weighted by Gasteiger charge is -2.24. The zero-order valence-electron chi connectivity index (χ0n) is 14.4. The van der Waals surface area contributed by atoms with Crippen molar-refractivity contribution in [2.45, 2.75) is 25.4 Å². The van der Waals surface area contributed by atoms with Crippen LogP contribution in [0.4, 0.5) is 5.69 Å². The highest BCUT2D eigenvalue weighted by Gasteiger charge is 2.34. The average Bonchev–Trinajstić information content (AvgIpc) is 3.16. The molecule has 2 amide bonds. The monoisotopic (exact) mass is 431 g/mol. The van der Waals surface area contributed by atoms with Gasteiger partial charge in [-0.2, -0.15) is 0 Å². The Hall–Kier alpha value is -2.74. The standard InChI is InChI=1S/C19H18BrN3O4/c20-15-9-7-13(8-10-15)19(25)22-11-3-6-17(22)18(24)21-12-14-4-1-2-5-16(14)23(26)27/h1-2,4-5,7-10,17H,3,6,11-12H2,(H,21,24). The summed E-state index contributed by atoms with van der Waals surface area (Å²) in [6.45, 7) is 0.561. The predicted molar refractivity (Wildman–Crippen MR) is 103 cm³/mol. The van der Waals surface area contributed by atoms with Crippen LogP contribution in [0.1, 0.15) is 28.8 Å². The van der Waals surface area contributed by atoms with Crippen molar-refractivity contribution in [2.24, 2.45) is 0 Å². The van der Waals surface area contributed by atoms with Gasteiger partial charge in [0.25, 0.3) is 11.6 Å². The number of nitro groups is 1. The Labute approximate surface area is 164 Å². The van der Waals surface area contributed by atoms with Gasteiger partial charge in [-0.25, -0.2) is 0 Å². The number of carbonyl (C=O) groups is 2. The summed E-state index contributed by atoms with van der Waals surface area (Å²) in [5, 5.41) is 13.8. The molecule has 0 radical (unpaired) electrons. The quantitative estimate of drug-likeness (QED) is 0.580. The Morgan fingerprint density at radius 3 is 2.59 bits per heavy atom. The van der Waals surface area contributed by atoms with Crippen LogP contribution in [-0.2, 0) is 11.3 Å². The van der Waals surface area contributed by atoms with Crippen LogP contribution < -0.4 is 5.32 Å². The van der Waals surface area contributed by atoms with Crippen LogP contribution in [0.15, 0.2) is 53.0 Å². The van der Waals surface area contributed by atoms with Crippen LogP contribution >= 0.6 is 15.9 Å². The molecule has 27 heavy (non-hydrogen) atoms. The normalized spacial score (nSPS) is 16.2. The Bertz CT molecular complexity index is 870. The van der Waals surface area contributed by atoms with Crippen LogP contribution in [0.5, 0.6) is 0 Å². The molecule has 7 nitrogen and oxygen atoms in total. The highest BCUT2D eigenvalue weighted by molar-refractivity contribution is 9.10. The number of halogens is 1. The fourth-order valence-electron chi connectivity index (χ4n) is 3.18. The molecule has 0 saturated carbocycles. The Balaban J connectivity index is 1.68. The number of likely N-dealkylation sites (tertiary alicyclic amines) is 1. The van der Waals surface area contributed by atoms with E-state index in [0.717, 1.165) is 10.9 Å². The van der Waals surface area contributed by atoms with E-state index in [1.807, 2.05) is 0 Å². The SMILES string of the molecule is O=C(NCc1ccccc1[N+](=O)[O-])C1CCCN1C(=O)c1ccc(Br)cc1. The average molecular weight is 432 g/mol. The van der Waals surface area contributed by atoms with Crippen LogP contribution in [0.2, 0.25) is 0 Å². The van der Waals surface area contributed by atoms with Crippen molar-refractivity contribution in [2.75, 3.05) is 6.54 Å². The van der Waals surface area contributed by atoms with E-state index >= 15 is 0 Å². The molecule has 1 saturated heterocycles. The van der Waals surface area contributed by atoms with Gasteiger partial charge in [0.05, 0.1) is 4.92 Å². The van der Waals surface area contributed by atoms with Crippen molar-refractivity contribution < 1.29 is 14.5 Å². The van der Waals surface area contributed by atoms with Crippen molar-refractivity contribution in [3.8, 4) is 0 Å². The lowest BCUT2D eigenvalue weighted by atomic mass is 10.1. The van der Waals surface area contributed by atoms with Crippen molar-refractivity contribution in [3.63, 3.8) is 0 Å². The second kappa shape index (κ2) is 8.30. The van der Waals surface area contributed by atoms with Gasteiger partial charge >= 0.3 is 0 Å². The number of para-hydroxylation sites is 1. The second-order valence-electron chi connectivity index (χ2n) is 6.27. The maximum Gasteiger partial charge on any atom is 0.274 e. The van der Waals surface area contributed by atoms with Crippen molar-refractivity contribution >= 4 is 33.4 Å². The van der Waals surface area contributed by atoms with E-state index in [4.69, 9.17) is 0 Å². The van der Waals surface area contributed by atoms with Gasteiger partial charge in [0, 0.05) is 34.8 Å². The molecule has 1 N–H and O–H groups in total. The lowest BCUT2D eigenvalue weighted by Crippen LogP contribution is -2.45. The first-order valence-electron chi connectivity index (χ1n) is 8.54. The summed E-state index contributed by atoms with van der Waals surface area (Å²) >= 11 is 3.33. The molecule has 2 aromatic carbocycles. The summed E-state index contributed by atoms with van der Waals surface area (Å²) < 4.78 is 0.874. The predicted octanol–water partition coefficient (Wildman–Crippen LogP) is 3.28. The van der Waals surface area contributed by atoms with Crippen LogP contribution in [0, 0.1) is 10.1 Å². The molecule has 8 heteroatoms. The molecule has 140 valence electrons. The Morgan fingerprint density at radius 2 is 1.89 bits per heavy atom. The topological polar surface area (TPSA) is 92.5 Å². The molecule has 3 rings (SSSR count). The number of nitrogens with one attached hydrogen (secondary N) is 1. The van der Waals surface area contributed by atoms with Gasteiger partial charge in [-0.1, -0.05) is 34.1 Å². The third-order valence-corrected chi connectivity index (χ3v) is 5.08. The molecule has 1 fully saturated rings. The van der Waals surface area contributed by atoms with E-state index in [2.05, 4.69) is 21.2 Å². The van der Waals surface area contributed by atoms with Crippen LogP contribution in [-0.4, -0.2) is 34.2 Å². The van der Waals surface area contributed by atoms with Crippen molar-refractivity contribution in [1.82, 2.24) is 10.2 Å². The summed E-state index contributed by atoms with van der Waals surface area (Å²) in [5.41, 5.74) is 0.920. The molecule has 1 heterocycles. The van der Waals surface area contributed by atoms with Crippen molar-refractivity contribution in [1.29, 1.82) is 0 Å².